The number of hydrogen-bond donors (Lipinski definition) is 1. The molecule has 0 radical (unpaired) electrons. The van der Waals surface area contributed by atoms with Gasteiger partial charge in [-0.2, -0.15) is 0 Å². The van der Waals surface area contributed by atoms with E-state index in [2.05, 4.69) is 0 Å². The van der Waals surface area contributed by atoms with Gasteiger partial charge >= 0.3 is 12.1 Å². The van der Waals surface area contributed by atoms with Crippen LogP contribution in [0.1, 0.15) is 48.5 Å². The van der Waals surface area contributed by atoms with Crippen LogP contribution >= 0.6 is 11.3 Å². The topological polar surface area (TPSA) is 76.1 Å². The zero-order valence-electron chi connectivity index (χ0n) is 13.3. The van der Waals surface area contributed by atoms with E-state index in [-0.39, 0.29) is 23.3 Å². The lowest BCUT2D eigenvalue weighted by atomic mass is 10.0. The van der Waals surface area contributed by atoms with Crippen LogP contribution in [-0.4, -0.2) is 40.8 Å². The van der Waals surface area contributed by atoms with Crippen LogP contribution in [-0.2, 0) is 22.4 Å². The summed E-state index contributed by atoms with van der Waals surface area (Å²) in [5, 5.41) is 9.95. The molecule has 2 heterocycles. The van der Waals surface area contributed by atoms with E-state index < -0.39 is 11.6 Å². The number of nitrogens with zero attached hydrogens (tertiary/aromatic N) is 1. The van der Waals surface area contributed by atoms with E-state index in [0.717, 1.165) is 21.8 Å². The molecule has 1 aromatic rings. The largest absolute Gasteiger partial charge is 0.499 e. The molecule has 22 heavy (non-hydrogen) atoms. The Labute approximate surface area is 133 Å². The van der Waals surface area contributed by atoms with Gasteiger partial charge in [0.25, 0.3) is 0 Å². The number of carbonyl (C=O) groups is 2. The number of aromatic hydroxyl groups is 1. The normalized spacial score (nSPS) is 14.5. The molecular formula is C15H21NO5S. The first-order valence-electron chi connectivity index (χ1n) is 7.21. The maximum atomic E-state index is 12.1. The summed E-state index contributed by atoms with van der Waals surface area (Å²) in [6.07, 6.45) is 0.114. The predicted octanol–water partition coefficient (Wildman–Crippen LogP) is 2.92. The number of esters is 1. The Bertz CT molecular complexity index is 587. The summed E-state index contributed by atoms with van der Waals surface area (Å²) in [6.45, 7) is 8.21. The molecule has 122 valence electrons. The second-order valence-corrected chi connectivity index (χ2v) is 7.14. The Morgan fingerprint density at radius 3 is 2.64 bits per heavy atom. The molecule has 1 aromatic heterocycles. The first-order chi connectivity index (χ1) is 10.2. The standard InChI is InChI=1S/C15H21NO5S/c1-5-20-12(17)11-9-6-7-16(8-10(9)22-13(11)18)14(19)21-15(2,3)4/h18H,5-8H2,1-4H3. The van der Waals surface area contributed by atoms with Crippen molar-refractivity contribution in [3.05, 3.63) is 16.0 Å². The smallest absolute Gasteiger partial charge is 0.410 e. The van der Waals surface area contributed by atoms with Gasteiger partial charge in [-0.25, -0.2) is 9.59 Å². The number of rotatable bonds is 2. The Morgan fingerprint density at radius 1 is 1.36 bits per heavy atom. The maximum absolute atomic E-state index is 12.1. The Hall–Kier alpha value is -1.76. The minimum Gasteiger partial charge on any atom is -0.499 e. The summed E-state index contributed by atoms with van der Waals surface area (Å²) >= 11 is 1.12. The molecule has 0 fully saturated rings. The quantitative estimate of drug-likeness (QED) is 0.845. The lowest BCUT2D eigenvalue weighted by molar-refractivity contribution is 0.0226. The minimum atomic E-state index is -0.551. The molecule has 0 saturated heterocycles. The molecule has 1 aliphatic heterocycles. The van der Waals surface area contributed by atoms with Crippen LogP contribution in [0.4, 0.5) is 4.79 Å². The summed E-state index contributed by atoms with van der Waals surface area (Å²) in [7, 11) is 0. The van der Waals surface area contributed by atoms with Crippen molar-refractivity contribution in [2.24, 2.45) is 0 Å². The molecule has 0 aliphatic carbocycles. The highest BCUT2D eigenvalue weighted by Gasteiger charge is 2.32. The van der Waals surface area contributed by atoms with Gasteiger partial charge in [0.05, 0.1) is 13.2 Å². The fourth-order valence-electron chi connectivity index (χ4n) is 2.29. The molecular weight excluding hydrogens is 306 g/mol. The van der Waals surface area contributed by atoms with Crippen LogP contribution < -0.4 is 0 Å². The van der Waals surface area contributed by atoms with Crippen molar-refractivity contribution in [1.29, 1.82) is 0 Å². The monoisotopic (exact) mass is 327 g/mol. The molecule has 2 rings (SSSR count). The zero-order valence-corrected chi connectivity index (χ0v) is 14.1. The summed E-state index contributed by atoms with van der Waals surface area (Å²) in [5.74, 6) is -0.511. The van der Waals surface area contributed by atoms with Crippen LogP contribution in [0, 0.1) is 0 Å². The van der Waals surface area contributed by atoms with E-state index in [0.29, 0.717) is 19.5 Å². The summed E-state index contributed by atoms with van der Waals surface area (Å²) < 4.78 is 10.3. The zero-order chi connectivity index (χ0) is 16.5. The third kappa shape index (κ3) is 3.52. The molecule has 0 atom stereocenters. The van der Waals surface area contributed by atoms with Crippen molar-refractivity contribution in [3.8, 4) is 5.06 Å². The van der Waals surface area contributed by atoms with E-state index in [1.54, 1.807) is 11.8 Å². The fourth-order valence-corrected chi connectivity index (χ4v) is 3.37. The summed E-state index contributed by atoms with van der Waals surface area (Å²) in [4.78, 5) is 26.4. The highest BCUT2D eigenvalue weighted by molar-refractivity contribution is 7.14. The van der Waals surface area contributed by atoms with E-state index in [1.807, 2.05) is 20.8 Å². The molecule has 7 heteroatoms. The maximum Gasteiger partial charge on any atom is 0.410 e. The SMILES string of the molecule is CCOC(=O)c1c(O)sc2c1CCN(C(=O)OC(C)(C)C)C2. The van der Waals surface area contributed by atoms with Crippen molar-refractivity contribution >= 4 is 23.4 Å². The molecule has 1 amide bonds. The third-order valence-corrected chi connectivity index (χ3v) is 4.19. The molecule has 0 unspecified atom stereocenters. The van der Waals surface area contributed by atoms with Gasteiger partial charge in [0.15, 0.2) is 5.06 Å². The van der Waals surface area contributed by atoms with Crippen LogP contribution in [0.15, 0.2) is 0 Å². The van der Waals surface area contributed by atoms with Gasteiger partial charge in [0.1, 0.15) is 11.2 Å². The van der Waals surface area contributed by atoms with Crippen LogP contribution in [0.5, 0.6) is 5.06 Å². The Morgan fingerprint density at radius 2 is 2.05 bits per heavy atom. The van der Waals surface area contributed by atoms with Crippen molar-refractivity contribution in [3.63, 3.8) is 0 Å². The second-order valence-electron chi connectivity index (χ2n) is 6.06. The van der Waals surface area contributed by atoms with Gasteiger partial charge in [-0.05, 0) is 39.7 Å². The van der Waals surface area contributed by atoms with Crippen molar-refractivity contribution in [1.82, 2.24) is 4.90 Å². The molecule has 0 saturated carbocycles. The Balaban J connectivity index is 2.17. The van der Waals surface area contributed by atoms with Gasteiger partial charge < -0.3 is 19.5 Å². The molecule has 1 N–H and O–H groups in total. The number of amides is 1. The molecule has 1 aliphatic rings. The summed E-state index contributed by atoms with van der Waals surface area (Å²) in [5.41, 5.74) is 0.469. The van der Waals surface area contributed by atoms with Crippen LogP contribution in [0.2, 0.25) is 0 Å². The van der Waals surface area contributed by atoms with E-state index >= 15 is 0 Å². The lowest BCUT2D eigenvalue weighted by Crippen LogP contribution is -2.39. The predicted molar refractivity (Wildman–Crippen MR) is 82.3 cm³/mol. The van der Waals surface area contributed by atoms with Crippen molar-refractivity contribution in [2.75, 3.05) is 13.2 Å². The average molecular weight is 327 g/mol. The van der Waals surface area contributed by atoms with Gasteiger partial charge in [0, 0.05) is 11.4 Å². The first-order valence-corrected chi connectivity index (χ1v) is 8.03. The molecule has 0 aromatic carbocycles. The highest BCUT2D eigenvalue weighted by atomic mass is 32.1. The van der Waals surface area contributed by atoms with Crippen molar-refractivity contribution in [2.45, 2.75) is 46.3 Å². The number of ether oxygens (including phenoxy) is 2. The number of carbonyl (C=O) groups excluding carboxylic acids is 2. The van der Waals surface area contributed by atoms with Gasteiger partial charge in [-0.3, -0.25) is 0 Å². The number of hydrogen-bond acceptors (Lipinski definition) is 6. The number of fused-ring (bicyclic) bond motifs is 1. The highest BCUT2D eigenvalue weighted by Crippen LogP contribution is 2.38. The fraction of sp³-hybridized carbons (Fsp3) is 0.600. The van der Waals surface area contributed by atoms with E-state index in [4.69, 9.17) is 9.47 Å². The van der Waals surface area contributed by atoms with Gasteiger partial charge in [0.2, 0.25) is 0 Å². The first kappa shape index (κ1) is 16.6. The van der Waals surface area contributed by atoms with Gasteiger partial charge in [-0.1, -0.05) is 0 Å². The Kier molecular flexibility index (Phi) is 4.65. The molecule has 0 spiro atoms. The molecule has 6 nitrogen and oxygen atoms in total. The van der Waals surface area contributed by atoms with Crippen LogP contribution in [0.25, 0.3) is 0 Å². The van der Waals surface area contributed by atoms with E-state index in [9.17, 15) is 14.7 Å². The third-order valence-electron chi connectivity index (χ3n) is 3.17. The lowest BCUT2D eigenvalue weighted by Gasteiger charge is -2.30. The molecule has 0 bridgehead atoms. The van der Waals surface area contributed by atoms with Crippen molar-refractivity contribution < 1.29 is 24.2 Å². The van der Waals surface area contributed by atoms with Crippen LogP contribution in [0.3, 0.4) is 0 Å². The average Bonchev–Trinajstić information content (AvgIpc) is 2.71. The van der Waals surface area contributed by atoms with E-state index in [1.165, 1.54) is 0 Å². The van der Waals surface area contributed by atoms with Gasteiger partial charge in [-0.15, -0.1) is 11.3 Å². The minimum absolute atomic E-state index is 0.0468. The summed E-state index contributed by atoms with van der Waals surface area (Å²) in [6, 6.07) is 0. The number of thiophene rings is 1. The second kappa shape index (κ2) is 6.16.